The quantitative estimate of drug-likeness (QED) is 0.352. The average Bonchev–Trinajstić information content (AvgIpc) is 2.91. The molecule has 154 valence electrons. The minimum absolute atomic E-state index is 0.0333. The highest BCUT2D eigenvalue weighted by molar-refractivity contribution is 8.18. The van der Waals surface area contributed by atoms with Gasteiger partial charge in [-0.1, -0.05) is 40.9 Å². The second-order valence-corrected chi connectivity index (χ2v) is 8.15. The summed E-state index contributed by atoms with van der Waals surface area (Å²) < 4.78 is 0. The fourth-order valence-corrected chi connectivity index (χ4v) is 4.02. The number of imide groups is 1. The van der Waals surface area contributed by atoms with Gasteiger partial charge in [-0.3, -0.25) is 29.4 Å². The number of hydrogen-bond acceptors (Lipinski definition) is 6. The smallest absolute Gasteiger partial charge is 0.294 e. The molecular weight excluding hydrogens is 477 g/mol. The van der Waals surface area contributed by atoms with Gasteiger partial charge in [0.25, 0.3) is 16.8 Å². The van der Waals surface area contributed by atoms with Crippen molar-refractivity contribution in [2.75, 3.05) is 11.9 Å². The zero-order valence-corrected chi connectivity index (χ0v) is 17.8. The third-order valence-electron chi connectivity index (χ3n) is 3.83. The molecule has 8 nitrogen and oxygen atoms in total. The highest BCUT2D eigenvalue weighted by Gasteiger charge is 2.36. The topological polar surface area (TPSA) is 110 Å². The van der Waals surface area contributed by atoms with Crippen LogP contribution in [0.1, 0.15) is 5.56 Å². The number of carbonyl (C=O) groups is 3. The summed E-state index contributed by atoms with van der Waals surface area (Å²) in [6.45, 7) is -0.511. The molecule has 0 saturated carbocycles. The first-order valence-electron chi connectivity index (χ1n) is 8.10. The van der Waals surface area contributed by atoms with Crippen molar-refractivity contribution in [3.05, 3.63) is 72.0 Å². The van der Waals surface area contributed by atoms with Gasteiger partial charge in [0.05, 0.1) is 9.83 Å². The first-order chi connectivity index (χ1) is 14.2. The van der Waals surface area contributed by atoms with Gasteiger partial charge in [-0.2, -0.15) is 0 Å². The number of hydrogen-bond donors (Lipinski definition) is 1. The zero-order valence-electron chi connectivity index (χ0n) is 14.7. The summed E-state index contributed by atoms with van der Waals surface area (Å²) in [6, 6.07) is 8.66. The van der Waals surface area contributed by atoms with Crippen molar-refractivity contribution in [2.24, 2.45) is 0 Å². The normalized spacial score (nSPS) is 15.0. The van der Waals surface area contributed by atoms with Crippen molar-refractivity contribution < 1.29 is 19.3 Å². The third kappa shape index (κ3) is 4.93. The first kappa shape index (κ1) is 22.1. The molecule has 0 unspecified atom stereocenters. The number of rotatable bonds is 5. The Morgan fingerprint density at radius 1 is 1.17 bits per heavy atom. The van der Waals surface area contributed by atoms with Crippen LogP contribution in [0.3, 0.4) is 0 Å². The summed E-state index contributed by atoms with van der Waals surface area (Å²) in [5, 5.41) is 13.3. The lowest BCUT2D eigenvalue weighted by Crippen LogP contribution is -2.36. The Hall–Kier alpha value is -2.59. The second kappa shape index (κ2) is 9.05. The molecule has 0 aliphatic carbocycles. The number of benzene rings is 2. The molecule has 0 bridgehead atoms. The standard InChI is InChI=1S/C18H10Cl3N3O5S/c19-10-2-1-3-11(6-10)22-16(25)8-23-17(26)15(30-18(23)27)5-9-4-14(24(28)29)13(21)7-12(9)20/h1-7H,8H2,(H,22,25)/b15-5-. The van der Waals surface area contributed by atoms with Crippen LogP contribution in [0, 0.1) is 10.1 Å². The predicted molar refractivity (Wildman–Crippen MR) is 116 cm³/mol. The molecule has 1 saturated heterocycles. The molecule has 1 fully saturated rings. The van der Waals surface area contributed by atoms with Crippen molar-refractivity contribution in [1.82, 2.24) is 4.90 Å². The number of nitrogens with zero attached hydrogens (tertiary/aromatic N) is 2. The van der Waals surface area contributed by atoms with Crippen molar-refractivity contribution >= 4 is 81.1 Å². The van der Waals surface area contributed by atoms with E-state index >= 15 is 0 Å². The number of anilines is 1. The number of amides is 3. The van der Waals surface area contributed by atoms with E-state index in [9.17, 15) is 24.5 Å². The molecule has 1 aliphatic rings. The van der Waals surface area contributed by atoms with E-state index in [0.29, 0.717) is 22.5 Å². The lowest BCUT2D eigenvalue weighted by molar-refractivity contribution is -0.384. The summed E-state index contributed by atoms with van der Waals surface area (Å²) in [7, 11) is 0. The Labute approximate surface area is 188 Å². The Kier molecular flexibility index (Phi) is 6.67. The fourth-order valence-electron chi connectivity index (χ4n) is 2.49. The van der Waals surface area contributed by atoms with E-state index in [-0.39, 0.29) is 20.5 Å². The van der Waals surface area contributed by atoms with Crippen molar-refractivity contribution in [3.8, 4) is 0 Å². The third-order valence-corrected chi connectivity index (χ3v) is 5.61. The number of nitrogens with one attached hydrogen (secondary N) is 1. The number of nitro benzene ring substituents is 1. The van der Waals surface area contributed by atoms with Gasteiger partial charge in [0.15, 0.2) is 0 Å². The molecule has 1 N–H and O–H groups in total. The largest absolute Gasteiger partial charge is 0.324 e. The predicted octanol–water partition coefficient (Wildman–Crippen LogP) is 5.23. The van der Waals surface area contributed by atoms with Gasteiger partial charge in [-0.05, 0) is 42.1 Å². The number of nitro groups is 1. The molecule has 1 aliphatic heterocycles. The molecule has 0 spiro atoms. The molecule has 2 aromatic carbocycles. The summed E-state index contributed by atoms with van der Waals surface area (Å²) in [4.78, 5) is 48.1. The van der Waals surface area contributed by atoms with Crippen LogP contribution < -0.4 is 5.32 Å². The zero-order chi connectivity index (χ0) is 22.0. The molecular formula is C18H10Cl3N3O5S. The van der Waals surface area contributed by atoms with Crippen molar-refractivity contribution in [3.63, 3.8) is 0 Å². The molecule has 0 radical (unpaired) electrons. The maximum absolute atomic E-state index is 12.6. The second-order valence-electron chi connectivity index (χ2n) is 5.91. The van der Waals surface area contributed by atoms with Gasteiger partial charge in [0.1, 0.15) is 11.6 Å². The molecule has 3 rings (SSSR count). The fraction of sp³-hybridized carbons (Fsp3) is 0.0556. The number of halogens is 3. The Morgan fingerprint density at radius 2 is 1.90 bits per heavy atom. The van der Waals surface area contributed by atoms with E-state index in [1.807, 2.05) is 0 Å². The molecule has 3 amide bonds. The van der Waals surface area contributed by atoms with Gasteiger partial charge in [-0.15, -0.1) is 0 Å². The highest BCUT2D eigenvalue weighted by Crippen LogP contribution is 2.36. The monoisotopic (exact) mass is 485 g/mol. The van der Waals surface area contributed by atoms with Crippen LogP contribution in [0.5, 0.6) is 0 Å². The van der Waals surface area contributed by atoms with Crippen molar-refractivity contribution in [1.29, 1.82) is 0 Å². The first-order valence-corrected chi connectivity index (χ1v) is 10.0. The lowest BCUT2D eigenvalue weighted by Gasteiger charge is -2.12. The van der Waals surface area contributed by atoms with Crippen LogP contribution in [0.4, 0.5) is 16.2 Å². The summed E-state index contributed by atoms with van der Waals surface area (Å²) in [5.74, 6) is -1.32. The van der Waals surface area contributed by atoms with E-state index in [0.717, 1.165) is 11.0 Å². The van der Waals surface area contributed by atoms with Crippen LogP contribution in [0.2, 0.25) is 15.1 Å². The summed E-state index contributed by atoms with van der Waals surface area (Å²) in [6.07, 6.45) is 1.24. The minimum atomic E-state index is -0.722. The molecule has 2 aromatic rings. The number of thioether (sulfide) groups is 1. The van der Waals surface area contributed by atoms with E-state index in [1.165, 1.54) is 18.2 Å². The van der Waals surface area contributed by atoms with Gasteiger partial charge in [0.2, 0.25) is 5.91 Å². The summed E-state index contributed by atoms with van der Waals surface area (Å²) >= 11 is 18.3. The lowest BCUT2D eigenvalue weighted by atomic mass is 10.2. The van der Waals surface area contributed by atoms with Crippen LogP contribution >= 0.6 is 46.6 Å². The summed E-state index contributed by atoms with van der Waals surface area (Å²) in [5.41, 5.74) is 0.157. The van der Waals surface area contributed by atoms with Crippen LogP contribution in [0.25, 0.3) is 6.08 Å². The Balaban J connectivity index is 1.78. The van der Waals surface area contributed by atoms with Crippen LogP contribution in [-0.2, 0) is 9.59 Å². The van der Waals surface area contributed by atoms with E-state index < -0.39 is 34.2 Å². The van der Waals surface area contributed by atoms with E-state index in [1.54, 1.807) is 18.2 Å². The molecule has 12 heteroatoms. The molecule has 0 atom stereocenters. The number of carbonyl (C=O) groups excluding carboxylic acids is 3. The molecule has 30 heavy (non-hydrogen) atoms. The maximum Gasteiger partial charge on any atom is 0.294 e. The van der Waals surface area contributed by atoms with Gasteiger partial charge < -0.3 is 5.32 Å². The maximum atomic E-state index is 12.6. The van der Waals surface area contributed by atoms with Crippen LogP contribution in [0.15, 0.2) is 41.3 Å². The van der Waals surface area contributed by atoms with E-state index in [4.69, 9.17) is 34.8 Å². The highest BCUT2D eigenvalue weighted by atomic mass is 35.5. The minimum Gasteiger partial charge on any atom is -0.324 e. The Bertz CT molecular complexity index is 1120. The van der Waals surface area contributed by atoms with Crippen LogP contribution in [-0.4, -0.2) is 33.4 Å². The van der Waals surface area contributed by atoms with Crippen molar-refractivity contribution in [2.45, 2.75) is 0 Å². The van der Waals surface area contributed by atoms with Gasteiger partial charge in [-0.25, -0.2) is 0 Å². The molecule has 0 aromatic heterocycles. The van der Waals surface area contributed by atoms with Gasteiger partial charge in [0, 0.05) is 27.4 Å². The Morgan fingerprint density at radius 3 is 2.57 bits per heavy atom. The SMILES string of the molecule is O=C(CN1C(=O)S/C(=C\c2cc([N+](=O)[O-])c(Cl)cc2Cl)C1=O)Nc1cccc(Cl)c1. The van der Waals surface area contributed by atoms with E-state index in [2.05, 4.69) is 5.32 Å². The molecule has 1 heterocycles. The average molecular weight is 487 g/mol. The van der Waals surface area contributed by atoms with Gasteiger partial charge >= 0.3 is 0 Å².